The number of nitro benzene ring substituents is 1. The summed E-state index contributed by atoms with van der Waals surface area (Å²) in [6.45, 7) is 5.71. The van der Waals surface area contributed by atoms with Gasteiger partial charge in [-0.1, -0.05) is 36.4 Å². The fourth-order valence-corrected chi connectivity index (χ4v) is 3.75. The lowest BCUT2D eigenvalue weighted by Crippen LogP contribution is -2.39. The number of esters is 1. The van der Waals surface area contributed by atoms with Gasteiger partial charge in [0.25, 0.3) is 5.69 Å². The zero-order chi connectivity index (χ0) is 24.1. The summed E-state index contributed by atoms with van der Waals surface area (Å²) < 4.78 is 46.0. The van der Waals surface area contributed by atoms with Crippen molar-refractivity contribution in [2.24, 2.45) is 0 Å². The van der Waals surface area contributed by atoms with Gasteiger partial charge in [0.15, 0.2) is 0 Å². The van der Waals surface area contributed by atoms with Crippen LogP contribution in [-0.2, 0) is 31.6 Å². The summed E-state index contributed by atoms with van der Waals surface area (Å²) in [6, 6.07) is 10.7. The number of nitrogens with zero attached hydrogens (tertiary/aromatic N) is 1. The molecule has 0 aliphatic rings. The molecular formula is C22H27FN2O6S. The van der Waals surface area contributed by atoms with E-state index in [-0.39, 0.29) is 29.8 Å². The normalized spacial score (nSPS) is 13.6. The number of ether oxygens (including phenoxy) is 1. The van der Waals surface area contributed by atoms with Crippen LogP contribution in [0.4, 0.5) is 10.1 Å². The smallest absolute Gasteiger partial charge is 0.310 e. The molecule has 1 unspecified atom stereocenters. The van der Waals surface area contributed by atoms with E-state index < -0.39 is 38.4 Å². The molecule has 0 fully saturated rings. The molecule has 2 aromatic carbocycles. The molecule has 0 amide bonds. The molecule has 0 radical (unpaired) electrons. The van der Waals surface area contributed by atoms with Crippen LogP contribution in [0.15, 0.2) is 42.5 Å². The summed E-state index contributed by atoms with van der Waals surface area (Å²) in [5.74, 6) is -0.553. The highest BCUT2D eigenvalue weighted by Crippen LogP contribution is 2.31. The van der Waals surface area contributed by atoms with Gasteiger partial charge in [0.1, 0.15) is 5.67 Å². The highest BCUT2D eigenvalue weighted by molar-refractivity contribution is 7.90. The van der Waals surface area contributed by atoms with E-state index in [0.29, 0.717) is 11.1 Å². The summed E-state index contributed by atoms with van der Waals surface area (Å²) >= 11 is 0. The Hall–Kier alpha value is -2.85. The summed E-state index contributed by atoms with van der Waals surface area (Å²) in [4.78, 5) is 22.6. The topological polar surface area (TPSA) is 116 Å². The Kier molecular flexibility index (Phi) is 8.08. The molecule has 10 heteroatoms. The minimum Gasteiger partial charge on any atom is -0.466 e. The number of rotatable bonds is 10. The Balaban J connectivity index is 2.25. The van der Waals surface area contributed by atoms with Crippen molar-refractivity contribution in [2.45, 2.75) is 45.0 Å². The van der Waals surface area contributed by atoms with Crippen molar-refractivity contribution in [3.63, 3.8) is 0 Å². The average Bonchev–Trinajstić information content (AvgIpc) is 2.73. The van der Waals surface area contributed by atoms with Gasteiger partial charge in [0.05, 0.1) is 23.2 Å². The number of hydrogen-bond donors (Lipinski definition) is 1. The predicted molar refractivity (Wildman–Crippen MR) is 119 cm³/mol. The molecule has 0 heterocycles. The molecule has 0 bridgehead atoms. The first-order valence-corrected chi connectivity index (χ1v) is 11.6. The third-order valence-corrected chi connectivity index (χ3v) is 6.76. The van der Waals surface area contributed by atoms with E-state index in [1.54, 1.807) is 25.1 Å². The van der Waals surface area contributed by atoms with Crippen LogP contribution in [0.25, 0.3) is 11.1 Å². The van der Waals surface area contributed by atoms with Gasteiger partial charge >= 0.3 is 5.97 Å². The van der Waals surface area contributed by atoms with E-state index >= 15 is 4.39 Å². The number of carbonyl (C=O) groups excluding carboxylic acids is 1. The molecule has 1 N–H and O–H groups in total. The molecule has 1 atom stereocenters. The predicted octanol–water partition coefficient (Wildman–Crippen LogP) is 3.88. The van der Waals surface area contributed by atoms with Gasteiger partial charge in [0, 0.05) is 18.2 Å². The Morgan fingerprint density at radius 1 is 1.19 bits per heavy atom. The maximum absolute atomic E-state index is 15.1. The standard InChI is InChI=1S/C22H27FN2O6S/c1-5-31-21(26)13-18-7-6-17(12-20(18)25(27)28)16-8-10-19(11-9-16)22(4,23)14-24-32(29,30)15(2)3/h6-12,15,24H,5,13-14H2,1-4H3. The average molecular weight is 467 g/mol. The van der Waals surface area contributed by atoms with Crippen LogP contribution in [0, 0.1) is 10.1 Å². The van der Waals surface area contributed by atoms with Gasteiger partial charge < -0.3 is 4.74 Å². The second-order valence-electron chi connectivity index (χ2n) is 7.77. The van der Waals surface area contributed by atoms with Gasteiger partial charge in [-0.05, 0) is 44.4 Å². The number of halogens is 1. The highest BCUT2D eigenvalue weighted by atomic mass is 32.2. The van der Waals surface area contributed by atoms with Gasteiger partial charge in [-0.15, -0.1) is 0 Å². The third-order valence-electron chi connectivity index (χ3n) is 4.97. The Bertz CT molecular complexity index is 1080. The van der Waals surface area contributed by atoms with Crippen molar-refractivity contribution in [3.05, 3.63) is 63.7 Å². The molecule has 2 rings (SSSR count). The number of hydrogen-bond acceptors (Lipinski definition) is 6. The molecule has 8 nitrogen and oxygen atoms in total. The van der Waals surface area contributed by atoms with Crippen LogP contribution in [0.3, 0.4) is 0 Å². The van der Waals surface area contributed by atoms with Crippen molar-refractivity contribution in [3.8, 4) is 11.1 Å². The first kappa shape index (κ1) is 25.4. The number of alkyl halides is 1. The van der Waals surface area contributed by atoms with Crippen molar-refractivity contribution in [1.29, 1.82) is 0 Å². The zero-order valence-electron chi connectivity index (χ0n) is 18.4. The van der Waals surface area contributed by atoms with Gasteiger partial charge in [0.2, 0.25) is 10.0 Å². The maximum atomic E-state index is 15.1. The zero-order valence-corrected chi connectivity index (χ0v) is 19.2. The minimum atomic E-state index is -3.61. The molecule has 0 saturated heterocycles. The first-order valence-electron chi connectivity index (χ1n) is 10.1. The van der Waals surface area contributed by atoms with E-state index in [4.69, 9.17) is 4.74 Å². The van der Waals surface area contributed by atoms with Gasteiger partial charge in [-0.3, -0.25) is 14.9 Å². The second-order valence-corrected chi connectivity index (χ2v) is 10.1. The highest BCUT2D eigenvalue weighted by Gasteiger charge is 2.29. The maximum Gasteiger partial charge on any atom is 0.310 e. The lowest BCUT2D eigenvalue weighted by molar-refractivity contribution is -0.385. The Morgan fingerprint density at radius 2 is 1.78 bits per heavy atom. The van der Waals surface area contributed by atoms with E-state index in [1.165, 1.54) is 45.0 Å². The molecule has 32 heavy (non-hydrogen) atoms. The van der Waals surface area contributed by atoms with Crippen LogP contribution in [0.2, 0.25) is 0 Å². The third kappa shape index (κ3) is 6.33. The molecule has 0 saturated carbocycles. The fraction of sp³-hybridized carbons (Fsp3) is 0.409. The van der Waals surface area contributed by atoms with Crippen molar-refractivity contribution < 1.29 is 27.3 Å². The minimum absolute atomic E-state index is 0.184. The Morgan fingerprint density at radius 3 is 2.31 bits per heavy atom. The number of carbonyl (C=O) groups is 1. The lowest BCUT2D eigenvalue weighted by Gasteiger charge is -2.22. The van der Waals surface area contributed by atoms with Crippen LogP contribution in [-0.4, -0.2) is 37.7 Å². The van der Waals surface area contributed by atoms with Crippen LogP contribution in [0.5, 0.6) is 0 Å². The lowest BCUT2D eigenvalue weighted by atomic mass is 9.94. The summed E-state index contributed by atoms with van der Waals surface area (Å²) in [6.07, 6.45) is -0.212. The molecule has 0 spiro atoms. The summed E-state index contributed by atoms with van der Waals surface area (Å²) in [7, 11) is -3.61. The number of sulfonamides is 1. The van der Waals surface area contributed by atoms with Gasteiger partial charge in [-0.25, -0.2) is 17.5 Å². The molecular weight excluding hydrogens is 439 g/mol. The van der Waals surface area contributed by atoms with Gasteiger partial charge in [-0.2, -0.15) is 0 Å². The van der Waals surface area contributed by atoms with Crippen molar-refractivity contribution in [1.82, 2.24) is 4.72 Å². The van der Waals surface area contributed by atoms with E-state index in [9.17, 15) is 23.3 Å². The molecule has 0 aliphatic heterocycles. The van der Waals surface area contributed by atoms with Crippen LogP contribution < -0.4 is 4.72 Å². The second kappa shape index (κ2) is 10.2. The van der Waals surface area contributed by atoms with E-state index in [0.717, 1.165) is 0 Å². The largest absolute Gasteiger partial charge is 0.466 e. The molecule has 174 valence electrons. The fourth-order valence-electron chi connectivity index (χ4n) is 2.95. The van der Waals surface area contributed by atoms with E-state index in [1.807, 2.05) is 0 Å². The molecule has 2 aromatic rings. The number of benzene rings is 2. The van der Waals surface area contributed by atoms with Crippen molar-refractivity contribution >= 4 is 21.7 Å². The summed E-state index contributed by atoms with van der Waals surface area (Å²) in [5.41, 5.74) is -0.521. The molecule has 0 aromatic heterocycles. The van der Waals surface area contributed by atoms with Crippen LogP contribution in [0.1, 0.15) is 38.8 Å². The quantitative estimate of drug-likeness (QED) is 0.323. The number of nitrogens with one attached hydrogen (secondary N) is 1. The Labute approximate surface area is 187 Å². The SMILES string of the molecule is CCOC(=O)Cc1ccc(-c2ccc(C(C)(F)CNS(=O)(=O)C(C)C)cc2)cc1[N+](=O)[O-]. The monoisotopic (exact) mass is 466 g/mol. The van der Waals surface area contributed by atoms with Crippen molar-refractivity contribution in [2.75, 3.05) is 13.2 Å². The van der Waals surface area contributed by atoms with Crippen LogP contribution >= 0.6 is 0 Å². The first-order chi connectivity index (χ1) is 14.9. The number of nitro groups is 1. The molecule has 0 aliphatic carbocycles. The summed E-state index contributed by atoms with van der Waals surface area (Å²) in [5, 5.41) is 10.8. The van der Waals surface area contributed by atoms with E-state index in [2.05, 4.69) is 4.72 Å².